The molecule has 9 heteroatoms. The monoisotopic (exact) mass is 402 g/mol. The summed E-state index contributed by atoms with van der Waals surface area (Å²) >= 11 is 0. The third kappa shape index (κ3) is 5.29. The normalized spacial score (nSPS) is 20.8. The summed E-state index contributed by atoms with van der Waals surface area (Å²) in [6.07, 6.45) is 3.24. The maximum atomic E-state index is 12.8. The first-order valence-corrected chi connectivity index (χ1v) is 10.1. The first-order chi connectivity index (χ1) is 13.8. The second-order valence-corrected chi connectivity index (χ2v) is 8.46. The molecule has 29 heavy (non-hydrogen) atoms. The van der Waals surface area contributed by atoms with E-state index in [1.165, 1.54) is 0 Å². The molecule has 0 saturated carbocycles. The number of amides is 1. The van der Waals surface area contributed by atoms with E-state index in [-0.39, 0.29) is 23.9 Å². The summed E-state index contributed by atoms with van der Waals surface area (Å²) < 4.78 is 5.38. The van der Waals surface area contributed by atoms with E-state index in [1.54, 1.807) is 6.20 Å². The summed E-state index contributed by atoms with van der Waals surface area (Å²) in [6, 6.07) is 1.39. The van der Waals surface area contributed by atoms with Crippen LogP contribution in [0.2, 0.25) is 0 Å². The van der Waals surface area contributed by atoms with Crippen molar-refractivity contribution in [2.24, 2.45) is 16.1 Å². The Morgan fingerprint density at radius 1 is 1.28 bits per heavy atom. The van der Waals surface area contributed by atoms with Gasteiger partial charge in [0.15, 0.2) is 0 Å². The summed E-state index contributed by atoms with van der Waals surface area (Å²) in [5.74, 6) is 1.05. The molecule has 0 spiro atoms. The van der Waals surface area contributed by atoms with E-state index in [2.05, 4.69) is 19.9 Å². The lowest BCUT2D eigenvalue weighted by molar-refractivity contribution is -0.125. The van der Waals surface area contributed by atoms with Crippen molar-refractivity contribution in [1.82, 2.24) is 9.97 Å². The average Bonchev–Trinajstić information content (AvgIpc) is 3.18. The maximum Gasteiger partial charge on any atom is 0.270 e. The van der Waals surface area contributed by atoms with Gasteiger partial charge in [0.1, 0.15) is 23.5 Å². The van der Waals surface area contributed by atoms with Crippen LogP contribution in [0.25, 0.3) is 0 Å². The summed E-state index contributed by atoms with van der Waals surface area (Å²) in [4.78, 5) is 42.0. The molecule has 158 valence electrons. The highest BCUT2D eigenvalue weighted by Gasteiger charge is 2.32. The van der Waals surface area contributed by atoms with Crippen molar-refractivity contribution < 1.29 is 14.3 Å². The van der Waals surface area contributed by atoms with Crippen LogP contribution in [0.1, 0.15) is 40.0 Å². The number of aromatic nitrogens is 2. The second kappa shape index (κ2) is 8.86. The summed E-state index contributed by atoms with van der Waals surface area (Å²) in [5, 5.41) is 0. The molecule has 3 rings (SSSR count). The second-order valence-electron chi connectivity index (χ2n) is 8.46. The minimum atomic E-state index is -0.514. The van der Waals surface area contributed by atoms with Gasteiger partial charge in [-0.2, -0.15) is 9.98 Å². The van der Waals surface area contributed by atoms with Gasteiger partial charge in [-0.1, -0.05) is 20.8 Å². The number of ketones is 1. The fourth-order valence-electron chi connectivity index (χ4n) is 3.40. The van der Waals surface area contributed by atoms with Crippen LogP contribution in [0.3, 0.4) is 0 Å². The highest BCUT2D eigenvalue weighted by molar-refractivity contribution is 6.06. The Morgan fingerprint density at radius 3 is 2.69 bits per heavy atom. The van der Waals surface area contributed by atoms with Crippen LogP contribution < -0.4 is 15.5 Å². The van der Waals surface area contributed by atoms with E-state index < -0.39 is 11.5 Å². The predicted octanol–water partition coefficient (Wildman–Crippen LogP) is 1.17. The Labute approximate surface area is 171 Å². The summed E-state index contributed by atoms with van der Waals surface area (Å²) in [5.41, 5.74) is 5.38. The Morgan fingerprint density at radius 2 is 2.00 bits per heavy atom. The number of morpholine rings is 1. The van der Waals surface area contributed by atoms with Crippen LogP contribution in [-0.4, -0.2) is 66.4 Å². The van der Waals surface area contributed by atoms with Gasteiger partial charge in [-0.3, -0.25) is 9.59 Å². The predicted molar refractivity (Wildman–Crippen MR) is 111 cm³/mol. The number of carbonyl (C=O) groups excluding carboxylic acids is 2. The van der Waals surface area contributed by atoms with E-state index in [1.807, 2.05) is 31.7 Å². The molecule has 1 unspecified atom stereocenters. The fourth-order valence-corrected chi connectivity index (χ4v) is 3.40. The van der Waals surface area contributed by atoms with Crippen molar-refractivity contribution >= 4 is 29.3 Å². The van der Waals surface area contributed by atoms with Gasteiger partial charge in [0.05, 0.1) is 19.6 Å². The van der Waals surface area contributed by atoms with Crippen LogP contribution in [-0.2, 0) is 14.3 Å². The van der Waals surface area contributed by atoms with Gasteiger partial charge in [-0.05, 0) is 18.9 Å². The molecule has 0 bridgehead atoms. The molecule has 2 fully saturated rings. The highest BCUT2D eigenvalue weighted by Crippen LogP contribution is 2.26. The van der Waals surface area contributed by atoms with Crippen molar-refractivity contribution in [1.29, 1.82) is 0 Å². The number of rotatable bonds is 5. The van der Waals surface area contributed by atoms with Gasteiger partial charge in [-0.15, -0.1) is 0 Å². The first kappa shape index (κ1) is 21.2. The molecule has 2 N–H and O–H groups in total. The van der Waals surface area contributed by atoms with E-state index in [4.69, 9.17) is 10.5 Å². The van der Waals surface area contributed by atoms with Gasteiger partial charge >= 0.3 is 0 Å². The topological polar surface area (TPSA) is 114 Å². The van der Waals surface area contributed by atoms with Gasteiger partial charge < -0.3 is 20.3 Å². The molecule has 9 nitrogen and oxygen atoms in total. The Balaban J connectivity index is 1.72. The molecule has 0 radical (unpaired) electrons. The lowest BCUT2D eigenvalue weighted by atomic mass is 9.89. The van der Waals surface area contributed by atoms with E-state index >= 15 is 0 Å². The number of ether oxygens (including phenoxy) is 1. The number of hydrogen-bond donors (Lipinski definition) is 1. The van der Waals surface area contributed by atoms with Crippen LogP contribution in [0.5, 0.6) is 0 Å². The number of aliphatic imine (C=N–C) groups is 1. The zero-order chi connectivity index (χ0) is 21.0. The van der Waals surface area contributed by atoms with Gasteiger partial charge in [0.2, 0.25) is 5.95 Å². The van der Waals surface area contributed by atoms with E-state index in [0.29, 0.717) is 37.9 Å². The van der Waals surface area contributed by atoms with E-state index in [0.717, 1.165) is 19.5 Å². The molecule has 3 heterocycles. The number of carbonyl (C=O) groups is 2. The smallest absolute Gasteiger partial charge is 0.270 e. The van der Waals surface area contributed by atoms with Crippen molar-refractivity contribution in [3.05, 3.63) is 12.3 Å². The number of nitrogens with zero attached hydrogens (tertiary/aromatic N) is 5. The number of anilines is 2. The van der Waals surface area contributed by atoms with Crippen LogP contribution in [0.4, 0.5) is 11.8 Å². The van der Waals surface area contributed by atoms with Crippen molar-refractivity contribution in [2.45, 2.75) is 46.1 Å². The molecular formula is C20H30N6O3. The number of Topliss-reactive ketones (excluding diaryl/α,β-unsaturated/α-hetero) is 1. The third-order valence-electron chi connectivity index (χ3n) is 5.19. The van der Waals surface area contributed by atoms with Gasteiger partial charge in [0.25, 0.3) is 5.91 Å². The van der Waals surface area contributed by atoms with Crippen LogP contribution in [0, 0.1) is 5.41 Å². The maximum absolute atomic E-state index is 12.8. The molecule has 2 aliphatic rings. The standard InChI is InChI=1S/C20H30N6O3/c1-20(2,3)15(27)13-16(21)23-18(28)14-5-4-8-26(14)17-6-7-22-19(24-17)25-9-11-29-12-10-25/h6-7,14H,4-5,8-13H2,1-3H3,(H2,21,23,28). The Kier molecular flexibility index (Phi) is 6.46. The Bertz CT molecular complexity index is 783. The molecule has 0 aliphatic carbocycles. The lowest BCUT2D eigenvalue weighted by Crippen LogP contribution is -2.39. The van der Waals surface area contributed by atoms with Gasteiger partial charge in [-0.25, -0.2) is 4.98 Å². The zero-order valence-corrected chi connectivity index (χ0v) is 17.4. The van der Waals surface area contributed by atoms with Crippen molar-refractivity contribution in [2.75, 3.05) is 42.6 Å². The first-order valence-electron chi connectivity index (χ1n) is 10.1. The van der Waals surface area contributed by atoms with Crippen molar-refractivity contribution in [3.8, 4) is 0 Å². The number of amidine groups is 1. The van der Waals surface area contributed by atoms with Crippen LogP contribution in [0.15, 0.2) is 17.3 Å². The molecule has 2 saturated heterocycles. The quantitative estimate of drug-likeness (QED) is 0.577. The third-order valence-corrected chi connectivity index (χ3v) is 5.19. The minimum Gasteiger partial charge on any atom is -0.387 e. The largest absolute Gasteiger partial charge is 0.387 e. The van der Waals surface area contributed by atoms with E-state index in [9.17, 15) is 9.59 Å². The zero-order valence-electron chi connectivity index (χ0n) is 17.4. The van der Waals surface area contributed by atoms with Gasteiger partial charge in [0, 0.05) is 31.2 Å². The number of hydrogen-bond acceptors (Lipinski definition) is 7. The number of nitrogens with two attached hydrogens (primary N) is 1. The highest BCUT2D eigenvalue weighted by atomic mass is 16.5. The molecule has 1 aromatic heterocycles. The molecule has 1 amide bonds. The summed E-state index contributed by atoms with van der Waals surface area (Å²) in [6.45, 7) is 8.98. The Hall–Kier alpha value is -2.55. The molecule has 2 aliphatic heterocycles. The fraction of sp³-hybridized carbons (Fsp3) is 0.650. The molecule has 1 atom stereocenters. The lowest BCUT2D eigenvalue weighted by Gasteiger charge is -2.28. The SMILES string of the molecule is CC(C)(C)C(=O)CC(N)=NC(=O)C1CCCN1c1ccnc(N2CCOCC2)n1. The molecule has 0 aromatic carbocycles. The molecule has 1 aromatic rings. The van der Waals surface area contributed by atoms with Crippen LogP contribution >= 0.6 is 0 Å². The average molecular weight is 402 g/mol. The van der Waals surface area contributed by atoms with Crippen molar-refractivity contribution in [3.63, 3.8) is 0 Å². The minimum absolute atomic E-state index is 0.0172. The summed E-state index contributed by atoms with van der Waals surface area (Å²) in [7, 11) is 0. The molecular weight excluding hydrogens is 372 g/mol.